The lowest BCUT2D eigenvalue weighted by atomic mass is 9.90. The van der Waals surface area contributed by atoms with Crippen LogP contribution in [0.1, 0.15) is 69.4 Å². The van der Waals surface area contributed by atoms with Gasteiger partial charge in [-0.3, -0.25) is 9.59 Å². The van der Waals surface area contributed by atoms with Crippen LogP contribution in [0, 0.1) is 0 Å². The summed E-state index contributed by atoms with van der Waals surface area (Å²) in [6.07, 6.45) is 9.69. The number of carbonyl (C=O) groups is 2. The maximum atomic E-state index is 13.8. The van der Waals surface area contributed by atoms with Gasteiger partial charge in [-0.05, 0) is 42.5 Å². The van der Waals surface area contributed by atoms with Gasteiger partial charge in [-0.25, -0.2) is 0 Å². The Labute approximate surface area is 177 Å². The first kappa shape index (κ1) is 19.4. The molecule has 1 heterocycles. The number of nitrogens with zero attached hydrogens (tertiary/aromatic N) is 1. The third-order valence-corrected chi connectivity index (χ3v) is 7.04. The molecule has 2 amide bonds. The highest BCUT2D eigenvalue weighted by Gasteiger charge is 2.41. The quantitative estimate of drug-likeness (QED) is 0.817. The predicted molar refractivity (Wildman–Crippen MR) is 116 cm³/mol. The Kier molecular flexibility index (Phi) is 5.36. The second-order valence-corrected chi connectivity index (χ2v) is 8.97. The lowest BCUT2D eigenvalue weighted by Gasteiger charge is -2.38. The molecule has 3 aliphatic rings. The van der Waals surface area contributed by atoms with Gasteiger partial charge in [0, 0.05) is 17.6 Å². The molecule has 0 saturated heterocycles. The first-order chi connectivity index (χ1) is 14.7. The molecule has 2 aliphatic carbocycles. The van der Waals surface area contributed by atoms with Crippen LogP contribution in [0.4, 0.5) is 0 Å². The van der Waals surface area contributed by atoms with Crippen molar-refractivity contribution >= 4 is 22.6 Å². The molecule has 2 aromatic rings. The number of rotatable bonds is 3. The summed E-state index contributed by atoms with van der Waals surface area (Å²) in [4.78, 5) is 28.9. The molecule has 0 radical (unpaired) electrons. The van der Waals surface area contributed by atoms with Crippen LogP contribution in [0.3, 0.4) is 0 Å². The summed E-state index contributed by atoms with van der Waals surface area (Å²) >= 11 is 0. The average molecular weight is 407 g/mol. The van der Waals surface area contributed by atoms with Crippen LogP contribution in [0.25, 0.3) is 10.8 Å². The summed E-state index contributed by atoms with van der Waals surface area (Å²) in [6.45, 7) is -0.00491. The molecule has 5 heteroatoms. The van der Waals surface area contributed by atoms with E-state index >= 15 is 0 Å². The molecule has 158 valence electrons. The molecular formula is C25H30N2O3. The molecule has 0 spiro atoms. The van der Waals surface area contributed by atoms with E-state index in [1.54, 1.807) is 0 Å². The van der Waals surface area contributed by atoms with E-state index < -0.39 is 6.04 Å². The highest BCUT2D eigenvalue weighted by Crippen LogP contribution is 2.41. The van der Waals surface area contributed by atoms with Gasteiger partial charge in [0.2, 0.25) is 5.91 Å². The van der Waals surface area contributed by atoms with Crippen molar-refractivity contribution in [1.82, 2.24) is 10.2 Å². The van der Waals surface area contributed by atoms with Crippen LogP contribution in [0.15, 0.2) is 36.4 Å². The summed E-state index contributed by atoms with van der Waals surface area (Å²) < 4.78 is 5.97. The Morgan fingerprint density at radius 2 is 1.67 bits per heavy atom. The molecule has 1 aliphatic heterocycles. The fourth-order valence-electron chi connectivity index (χ4n) is 5.56. The minimum atomic E-state index is -0.634. The SMILES string of the molecule is O=C(NC1CCCC1)C1c2c(ccc3ccccc23)OCC(=O)N1C1CCCCC1. The molecule has 1 atom stereocenters. The fourth-order valence-corrected chi connectivity index (χ4v) is 5.56. The number of hydrogen-bond donors (Lipinski definition) is 1. The van der Waals surface area contributed by atoms with E-state index in [1.807, 2.05) is 35.2 Å². The van der Waals surface area contributed by atoms with Crippen LogP contribution < -0.4 is 10.1 Å². The molecule has 1 N–H and O–H groups in total. The van der Waals surface area contributed by atoms with Gasteiger partial charge in [0.1, 0.15) is 11.8 Å². The van der Waals surface area contributed by atoms with Gasteiger partial charge in [-0.1, -0.05) is 62.4 Å². The normalized spacial score (nSPS) is 23.1. The Bertz CT molecular complexity index is 945. The lowest BCUT2D eigenvalue weighted by molar-refractivity contribution is -0.145. The van der Waals surface area contributed by atoms with E-state index in [-0.39, 0.29) is 30.5 Å². The van der Waals surface area contributed by atoms with Crippen molar-refractivity contribution in [2.24, 2.45) is 0 Å². The molecule has 1 unspecified atom stereocenters. The minimum absolute atomic E-state index is 0.00491. The Hall–Kier alpha value is -2.56. The van der Waals surface area contributed by atoms with Crippen molar-refractivity contribution in [2.45, 2.75) is 75.9 Å². The largest absolute Gasteiger partial charge is 0.483 e. The molecule has 5 nitrogen and oxygen atoms in total. The minimum Gasteiger partial charge on any atom is -0.483 e. The van der Waals surface area contributed by atoms with Crippen molar-refractivity contribution < 1.29 is 14.3 Å². The zero-order valence-electron chi connectivity index (χ0n) is 17.4. The zero-order valence-corrected chi connectivity index (χ0v) is 17.4. The first-order valence-corrected chi connectivity index (χ1v) is 11.5. The van der Waals surface area contributed by atoms with Crippen molar-refractivity contribution in [2.75, 3.05) is 6.61 Å². The van der Waals surface area contributed by atoms with Gasteiger partial charge in [0.25, 0.3) is 5.91 Å². The van der Waals surface area contributed by atoms with Gasteiger partial charge in [0.15, 0.2) is 6.61 Å². The van der Waals surface area contributed by atoms with Crippen LogP contribution in [-0.4, -0.2) is 35.4 Å². The monoisotopic (exact) mass is 406 g/mol. The third kappa shape index (κ3) is 3.55. The number of fused-ring (bicyclic) bond motifs is 3. The highest BCUT2D eigenvalue weighted by molar-refractivity contribution is 5.98. The Balaban J connectivity index is 1.63. The summed E-state index contributed by atoms with van der Waals surface area (Å²) in [5.74, 6) is 0.532. The molecule has 30 heavy (non-hydrogen) atoms. The number of benzene rings is 2. The summed E-state index contributed by atoms with van der Waals surface area (Å²) in [5, 5.41) is 5.35. The average Bonchev–Trinajstić information content (AvgIpc) is 3.23. The lowest BCUT2D eigenvalue weighted by Crippen LogP contribution is -2.51. The van der Waals surface area contributed by atoms with Gasteiger partial charge in [-0.2, -0.15) is 0 Å². The van der Waals surface area contributed by atoms with E-state index in [2.05, 4.69) is 11.4 Å². The van der Waals surface area contributed by atoms with Gasteiger partial charge >= 0.3 is 0 Å². The molecule has 2 fully saturated rings. The third-order valence-electron chi connectivity index (χ3n) is 7.04. The summed E-state index contributed by atoms with van der Waals surface area (Å²) in [7, 11) is 0. The Morgan fingerprint density at radius 3 is 2.47 bits per heavy atom. The number of nitrogens with one attached hydrogen (secondary N) is 1. The number of ether oxygens (including phenoxy) is 1. The van der Waals surface area contributed by atoms with E-state index in [0.29, 0.717) is 5.75 Å². The Morgan fingerprint density at radius 1 is 0.933 bits per heavy atom. The molecule has 2 aromatic carbocycles. The molecule has 5 rings (SSSR count). The van der Waals surface area contributed by atoms with Crippen LogP contribution >= 0.6 is 0 Å². The van der Waals surface area contributed by atoms with Crippen molar-refractivity contribution in [3.63, 3.8) is 0 Å². The molecule has 0 aromatic heterocycles. The molecule has 2 saturated carbocycles. The number of amides is 2. The van der Waals surface area contributed by atoms with Gasteiger partial charge in [0.05, 0.1) is 0 Å². The van der Waals surface area contributed by atoms with Crippen molar-refractivity contribution in [3.05, 3.63) is 42.0 Å². The maximum Gasteiger partial charge on any atom is 0.261 e. The van der Waals surface area contributed by atoms with Gasteiger partial charge < -0.3 is 15.0 Å². The van der Waals surface area contributed by atoms with Crippen LogP contribution in [-0.2, 0) is 9.59 Å². The standard InChI is InChI=1S/C25H30N2O3/c28-22-16-30-21-15-14-17-8-4-7-13-20(17)23(21)24(25(29)26-18-9-5-6-10-18)27(22)19-11-2-1-3-12-19/h4,7-8,13-15,18-19,24H,1-3,5-6,9-12,16H2,(H,26,29). The number of hydrogen-bond acceptors (Lipinski definition) is 3. The topological polar surface area (TPSA) is 58.6 Å². The number of carbonyl (C=O) groups excluding carboxylic acids is 2. The van der Waals surface area contributed by atoms with E-state index in [1.165, 1.54) is 6.42 Å². The second-order valence-electron chi connectivity index (χ2n) is 8.97. The molecule has 0 bridgehead atoms. The fraction of sp³-hybridized carbons (Fsp3) is 0.520. The maximum absolute atomic E-state index is 13.8. The van der Waals surface area contributed by atoms with Crippen LogP contribution in [0.5, 0.6) is 5.75 Å². The second kappa shape index (κ2) is 8.29. The first-order valence-electron chi connectivity index (χ1n) is 11.5. The molecular weight excluding hydrogens is 376 g/mol. The van der Waals surface area contributed by atoms with Crippen molar-refractivity contribution in [1.29, 1.82) is 0 Å². The van der Waals surface area contributed by atoms with Gasteiger partial charge in [-0.15, -0.1) is 0 Å². The van der Waals surface area contributed by atoms with E-state index in [9.17, 15) is 9.59 Å². The zero-order chi connectivity index (χ0) is 20.5. The summed E-state index contributed by atoms with van der Waals surface area (Å²) in [6, 6.07) is 11.7. The van der Waals surface area contributed by atoms with E-state index in [0.717, 1.165) is 67.7 Å². The predicted octanol–water partition coefficient (Wildman–Crippen LogP) is 4.49. The highest BCUT2D eigenvalue weighted by atomic mass is 16.5. The van der Waals surface area contributed by atoms with E-state index in [4.69, 9.17) is 4.74 Å². The van der Waals surface area contributed by atoms with Crippen molar-refractivity contribution in [3.8, 4) is 5.75 Å². The smallest absolute Gasteiger partial charge is 0.261 e. The summed E-state index contributed by atoms with van der Waals surface area (Å²) in [5.41, 5.74) is 0.847. The van der Waals surface area contributed by atoms with Crippen LogP contribution in [0.2, 0.25) is 0 Å².